The molecule has 0 aliphatic rings. The van der Waals surface area contributed by atoms with Gasteiger partial charge in [-0.2, -0.15) is 13.2 Å². The minimum absolute atomic E-state index is 0.149. The van der Waals surface area contributed by atoms with E-state index in [9.17, 15) is 22.8 Å². The lowest BCUT2D eigenvalue weighted by molar-refractivity contribution is -0.137. The van der Waals surface area contributed by atoms with Gasteiger partial charge in [-0.3, -0.25) is 0 Å². The van der Waals surface area contributed by atoms with Crippen LogP contribution in [-0.4, -0.2) is 18.7 Å². The number of primary amides is 1. The molecule has 0 aromatic heterocycles. The van der Waals surface area contributed by atoms with E-state index in [-0.39, 0.29) is 12.3 Å². The molecule has 0 saturated carbocycles. The van der Waals surface area contributed by atoms with Gasteiger partial charge in [-0.15, -0.1) is 0 Å². The zero-order valence-corrected chi connectivity index (χ0v) is 13.5. The van der Waals surface area contributed by atoms with Crippen LogP contribution in [-0.2, 0) is 17.3 Å². The number of carbonyl (C=O) groups excluding carboxylic acids is 2. The van der Waals surface area contributed by atoms with Gasteiger partial charge in [-0.25, -0.2) is 9.59 Å². The first-order valence-electron chi connectivity index (χ1n) is 7.50. The Balaban J connectivity index is 1.86. The van der Waals surface area contributed by atoms with Crippen molar-refractivity contribution in [1.82, 2.24) is 0 Å². The van der Waals surface area contributed by atoms with Crippen molar-refractivity contribution in [2.75, 3.05) is 17.2 Å². The number of amides is 3. The number of nitrogens with one attached hydrogen (secondary N) is 2. The van der Waals surface area contributed by atoms with Gasteiger partial charge in [0.05, 0.1) is 12.2 Å². The van der Waals surface area contributed by atoms with E-state index in [0.29, 0.717) is 12.1 Å². The smallest absolute Gasteiger partial charge is 0.416 e. The Labute approximate surface area is 147 Å². The number of rotatable bonds is 5. The molecule has 0 spiro atoms. The van der Waals surface area contributed by atoms with Crippen LogP contribution in [0.5, 0.6) is 0 Å². The topological polar surface area (TPSA) is 93.5 Å². The van der Waals surface area contributed by atoms with Gasteiger partial charge in [-0.05, 0) is 42.0 Å². The molecule has 0 bridgehead atoms. The summed E-state index contributed by atoms with van der Waals surface area (Å²) in [5.74, 6) is 0. The predicted molar refractivity (Wildman–Crippen MR) is 89.8 cm³/mol. The summed E-state index contributed by atoms with van der Waals surface area (Å²) < 4.78 is 42.1. The van der Waals surface area contributed by atoms with Gasteiger partial charge in [0.15, 0.2) is 0 Å². The lowest BCUT2D eigenvalue weighted by Gasteiger charge is -2.10. The minimum atomic E-state index is -4.43. The van der Waals surface area contributed by atoms with Crippen molar-refractivity contribution >= 4 is 23.5 Å². The van der Waals surface area contributed by atoms with Crippen molar-refractivity contribution in [3.8, 4) is 0 Å². The summed E-state index contributed by atoms with van der Waals surface area (Å²) in [6.07, 6.45) is -4.80. The fourth-order valence-corrected chi connectivity index (χ4v) is 2.06. The van der Waals surface area contributed by atoms with Crippen LogP contribution in [0.1, 0.15) is 11.1 Å². The van der Waals surface area contributed by atoms with Gasteiger partial charge in [0.1, 0.15) is 0 Å². The third kappa shape index (κ3) is 6.00. The Bertz CT molecular complexity index is 760. The number of nitrogens with two attached hydrogens (primary N) is 1. The van der Waals surface area contributed by atoms with E-state index in [0.717, 1.165) is 17.7 Å². The summed E-state index contributed by atoms with van der Waals surface area (Å²) in [5, 5.41) is 5.00. The van der Waals surface area contributed by atoms with E-state index in [1.165, 1.54) is 12.1 Å². The Morgan fingerprint density at radius 1 is 0.923 bits per heavy atom. The third-order valence-corrected chi connectivity index (χ3v) is 3.32. The van der Waals surface area contributed by atoms with Crippen molar-refractivity contribution in [2.45, 2.75) is 12.6 Å². The van der Waals surface area contributed by atoms with Gasteiger partial charge >= 0.3 is 18.3 Å². The zero-order valence-electron chi connectivity index (χ0n) is 13.5. The van der Waals surface area contributed by atoms with E-state index in [2.05, 4.69) is 15.4 Å². The second-order valence-electron chi connectivity index (χ2n) is 5.27. The first kappa shape index (κ1) is 19.1. The Morgan fingerprint density at radius 2 is 1.42 bits per heavy atom. The summed E-state index contributed by atoms with van der Waals surface area (Å²) >= 11 is 0. The maximum Gasteiger partial charge on any atom is 0.416 e. The van der Waals surface area contributed by atoms with E-state index < -0.39 is 23.9 Å². The van der Waals surface area contributed by atoms with Crippen LogP contribution in [0.2, 0.25) is 0 Å². The molecule has 26 heavy (non-hydrogen) atoms. The molecule has 4 N–H and O–H groups in total. The van der Waals surface area contributed by atoms with Crippen LogP contribution in [0.4, 0.5) is 34.1 Å². The lowest BCUT2D eigenvalue weighted by Crippen LogP contribution is -2.19. The van der Waals surface area contributed by atoms with Crippen LogP contribution in [0.25, 0.3) is 0 Å². The van der Waals surface area contributed by atoms with Crippen LogP contribution in [0, 0.1) is 0 Å². The quantitative estimate of drug-likeness (QED) is 0.746. The standard InChI is InChI=1S/C17H16F3N3O3/c18-17(19,20)12-3-7-14(8-4-12)23-16(25)22-13-5-1-11(2-6-13)9-10-26-15(21)24/h1-8H,9-10H2,(H2,21,24)(H2,22,23,25). The Kier molecular flexibility index (Phi) is 6.05. The van der Waals surface area contributed by atoms with Gasteiger partial charge < -0.3 is 21.1 Å². The zero-order chi connectivity index (χ0) is 19.2. The molecule has 3 amide bonds. The van der Waals surface area contributed by atoms with Gasteiger partial charge in [-0.1, -0.05) is 12.1 Å². The number of carbonyl (C=O) groups is 2. The second-order valence-corrected chi connectivity index (χ2v) is 5.27. The first-order chi connectivity index (χ1) is 12.2. The van der Waals surface area contributed by atoms with Crippen molar-refractivity contribution in [2.24, 2.45) is 5.73 Å². The summed E-state index contributed by atoms with van der Waals surface area (Å²) in [6.45, 7) is 0.149. The second kappa shape index (κ2) is 8.24. The molecule has 2 aromatic rings. The lowest BCUT2D eigenvalue weighted by atomic mass is 10.1. The van der Waals surface area contributed by atoms with E-state index in [4.69, 9.17) is 5.73 Å². The molecular formula is C17H16F3N3O3. The highest BCUT2D eigenvalue weighted by Gasteiger charge is 2.29. The monoisotopic (exact) mass is 367 g/mol. The molecule has 0 aliphatic carbocycles. The van der Waals surface area contributed by atoms with Gasteiger partial charge in [0.25, 0.3) is 0 Å². The number of ether oxygens (including phenoxy) is 1. The summed E-state index contributed by atoms with van der Waals surface area (Å²) in [4.78, 5) is 22.4. The van der Waals surface area contributed by atoms with E-state index >= 15 is 0 Å². The number of hydrogen-bond donors (Lipinski definition) is 3. The third-order valence-electron chi connectivity index (χ3n) is 3.32. The molecule has 138 valence electrons. The molecule has 0 heterocycles. The maximum absolute atomic E-state index is 12.5. The Hall–Kier alpha value is -3.23. The summed E-state index contributed by atoms with van der Waals surface area (Å²) in [5.41, 5.74) is 5.67. The SMILES string of the molecule is NC(=O)OCCc1ccc(NC(=O)Nc2ccc(C(F)(F)F)cc2)cc1. The van der Waals surface area contributed by atoms with Crippen molar-refractivity contribution in [1.29, 1.82) is 0 Å². The summed E-state index contributed by atoms with van der Waals surface area (Å²) in [7, 11) is 0. The molecule has 9 heteroatoms. The number of urea groups is 1. The van der Waals surface area contributed by atoms with E-state index in [1.807, 2.05) is 0 Å². The Morgan fingerprint density at radius 3 is 1.88 bits per heavy atom. The molecule has 2 aromatic carbocycles. The number of anilines is 2. The van der Waals surface area contributed by atoms with Crippen molar-refractivity contribution in [3.05, 3.63) is 59.7 Å². The molecule has 0 fully saturated rings. The van der Waals surface area contributed by atoms with Crippen LogP contribution in [0.3, 0.4) is 0 Å². The molecule has 6 nitrogen and oxygen atoms in total. The highest BCUT2D eigenvalue weighted by Crippen LogP contribution is 2.29. The van der Waals surface area contributed by atoms with Crippen LogP contribution >= 0.6 is 0 Å². The van der Waals surface area contributed by atoms with Crippen molar-refractivity contribution in [3.63, 3.8) is 0 Å². The number of halogens is 3. The van der Waals surface area contributed by atoms with Crippen LogP contribution in [0.15, 0.2) is 48.5 Å². The first-order valence-corrected chi connectivity index (χ1v) is 7.50. The normalized spacial score (nSPS) is 10.9. The van der Waals surface area contributed by atoms with Crippen LogP contribution < -0.4 is 16.4 Å². The number of alkyl halides is 3. The fraction of sp³-hybridized carbons (Fsp3) is 0.176. The van der Waals surface area contributed by atoms with Gasteiger partial charge in [0, 0.05) is 17.8 Å². The average molecular weight is 367 g/mol. The molecule has 0 atom stereocenters. The highest BCUT2D eigenvalue weighted by atomic mass is 19.4. The summed E-state index contributed by atoms with van der Waals surface area (Å²) in [6, 6.07) is 10.3. The molecule has 0 saturated heterocycles. The maximum atomic E-state index is 12.5. The largest absolute Gasteiger partial charge is 0.449 e. The fourth-order valence-electron chi connectivity index (χ4n) is 2.06. The minimum Gasteiger partial charge on any atom is -0.449 e. The molecular weight excluding hydrogens is 351 g/mol. The number of hydrogen-bond acceptors (Lipinski definition) is 3. The predicted octanol–water partition coefficient (Wildman–Crippen LogP) is 3.99. The average Bonchev–Trinajstić information content (AvgIpc) is 2.56. The van der Waals surface area contributed by atoms with E-state index in [1.54, 1.807) is 24.3 Å². The molecule has 0 unspecified atom stereocenters. The van der Waals surface area contributed by atoms with Crippen molar-refractivity contribution < 1.29 is 27.5 Å². The number of benzene rings is 2. The molecule has 2 rings (SSSR count). The molecule has 0 radical (unpaired) electrons. The van der Waals surface area contributed by atoms with Gasteiger partial charge in [0.2, 0.25) is 0 Å². The highest BCUT2D eigenvalue weighted by molar-refractivity contribution is 5.99. The molecule has 0 aliphatic heterocycles.